The monoisotopic (exact) mass is 1140 g/mol. The lowest BCUT2D eigenvalue weighted by Gasteiger charge is -2.28. The highest BCUT2D eigenvalue weighted by Crippen LogP contribution is 2.56. The number of pyridine rings is 1. The van der Waals surface area contributed by atoms with E-state index in [-0.39, 0.29) is 0 Å². The summed E-state index contributed by atoms with van der Waals surface area (Å²) in [5.74, 6) is 0.593. The van der Waals surface area contributed by atoms with Crippen molar-refractivity contribution in [3.63, 3.8) is 0 Å². The van der Waals surface area contributed by atoms with Crippen molar-refractivity contribution in [2.75, 3.05) is 0 Å². The minimum Gasteiger partial charge on any atom is -0.456 e. The van der Waals surface area contributed by atoms with Gasteiger partial charge in [0.05, 0.1) is 27.9 Å². The maximum absolute atomic E-state index is 12.5. The lowest BCUT2D eigenvalue weighted by Crippen LogP contribution is -2.06. The molecule has 5 heteroatoms. The van der Waals surface area contributed by atoms with Crippen LogP contribution < -0.4 is 0 Å². The van der Waals surface area contributed by atoms with Crippen molar-refractivity contribution in [2.24, 2.45) is 0 Å². The summed E-state index contributed by atoms with van der Waals surface area (Å²) < 4.78 is 8.90. The fourth-order valence-electron chi connectivity index (χ4n) is 13.8. The molecule has 0 unspecified atom stereocenters. The Kier molecular flexibility index (Phi) is 13.2. The van der Waals surface area contributed by atoms with E-state index in [1.165, 1.54) is 0 Å². The molecule has 0 saturated heterocycles. The average molecular weight is 1150 g/mol. The molecular weight excluding hydrogens is 1090 g/mol. The molecule has 5 nitrogen and oxygen atoms in total. The van der Waals surface area contributed by atoms with Gasteiger partial charge in [-0.3, -0.25) is 4.57 Å². The van der Waals surface area contributed by atoms with Gasteiger partial charge in [0.25, 0.3) is 0 Å². The molecular formula is C85H52N4O. The fourth-order valence-corrected chi connectivity index (χ4v) is 13.8. The predicted molar refractivity (Wildman–Crippen MR) is 370 cm³/mol. The molecule has 418 valence electrons. The minimum absolute atomic E-state index is 0.459. The Bertz CT molecular complexity index is 5250. The van der Waals surface area contributed by atoms with Crippen LogP contribution in [0.15, 0.2) is 320 Å². The van der Waals surface area contributed by atoms with Gasteiger partial charge in [-0.05, 0) is 114 Å². The van der Waals surface area contributed by atoms with E-state index in [9.17, 15) is 10.5 Å². The molecule has 16 rings (SSSR count). The number of para-hydroxylation sites is 2. The molecule has 0 bridgehead atoms. The van der Waals surface area contributed by atoms with E-state index in [4.69, 9.17) is 9.40 Å². The van der Waals surface area contributed by atoms with Gasteiger partial charge in [-0.25, -0.2) is 4.98 Å². The number of benzene rings is 13. The third-order valence-electron chi connectivity index (χ3n) is 17.5. The zero-order chi connectivity index (χ0) is 60.1. The van der Waals surface area contributed by atoms with Gasteiger partial charge in [0, 0.05) is 49.4 Å². The number of hydrogen-bond donors (Lipinski definition) is 0. The van der Waals surface area contributed by atoms with Crippen LogP contribution in [0.2, 0.25) is 0 Å². The van der Waals surface area contributed by atoms with Gasteiger partial charge in [0.15, 0.2) is 0 Å². The normalized spacial score (nSPS) is 11.3. The number of hydrogen-bond acceptors (Lipinski definition) is 4. The summed E-state index contributed by atoms with van der Waals surface area (Å²) in [7, 11) is 0. The Morgan fingerprint density at radius 2 is 0.600 bits per heavy atom. The molecule has 0 atom stereocenters. The zero-order valence-electron chi connectivity index (χ0n) is 48.7. The van der Waals surface area contributed by atoms with Crippen LogP contribution in [0.5, 0.6) is 0 Å². The summed E-state index contributed by atoms with van der Waals surface area (Å²) in [5.41, 5.74) is 21.7. The highest BCUT2D eigenvalue weighted by molar-refractivity contribution is 6.27. The molecule has 0 aliphatic rings. The van der Waals surface area contributed by atoms with E-state index >= 15 is 0 Å². The first-order valence-corrected chi connectivity index (χ1v) is 30.2. The zero-order valence-corrected chi connectivity index (χ0v) is 48.7. The maximum Gasteiger partial charge on any atom is 0.138 e. The Morgan fingerprint density at radius 1 is 0.267 bits per heavy atom. The number of aromatic nitrogens is 2. The first kappa shape index (κ1) is 53.1. The van der Waals surface area contributed by atoms with Crippen LogP contribution in [0.1, 0.15) is 11.1 Å². The molecule has 0 spiro atoms. The molecule has 0 saturated carbocycles. The Balaban J connectivity index is 1.16. The largest absolute Gasteiger partial charge is 0.456 e. The molecule has 0 radical (unpaired) electrons. The van der Waals surface area contributed by atoms with E-state index in [1.807, 2.05) is 78.9 Å². The molecule has 0 aliphatic heterocycles. The van der Waals surface area contributed by atoms with Crippen LogP contribution in [0.4, 0.5) is 0 Å². The Labute approximate surface area is 521 Å². The molecule has 0 aliphatic carbocycles. The summed E-state index contributed by atoms with van der Waals surface area (Å²) in [6.45, 7) is 0. The molecule has 13 aromatic carbocycles. The van der Waals surface area contributed by atoms with Gasteiger partial charge < -0.3 is 4.42 Å². The van der Waals surface area contributed by atoms with E-state index in [1.54, 1.807) is 0 Å². The van der Waals surface area contributed by atoms with Crippen LogP contribution >= 0.6 is 0 Å². The molecule has 3 aromatic heterocycles. The van der Waals surface area contributed by atoms with E-state index in [2.05, 4.69) is 253 Å². The van der Waals surface area contributed by atoms with E-state index in [0.717, 1.165) is 144 Å². The smallest absolute Gasteiger partial charge is 0.138 e. The van der Waals surface area contributed by atoms with Crippen molar-refractivity contribution >= 4 is 43.7 Å². The first-order valence-electron chi connectivity index (χ1n) is 30.2. The summed E-state index contributed by atoms with van der Waals surface area (Å²) >= 11 is 0. The quantitative estimate of drug-likeness (QED) is 0.129. The molecule has 3 heterocycles. The summed E-state index contributed by atoms with van der Waals surface area (Å²) in [6, 6.07) is 115. The van der Waals surface area contributed by atoms with Gasteiger partial charge in [-0.2, -0.15) is 10.5 Å². The highest BCUT2D eigenvalue weighted by atomic mass is 16.3. The lowest BCUT2D eigenvalue weighted by molar-refractivity contribution is 0.669. The molecule has 90 heavy (non-hydrogen) atoms. The van der Waals surface area contributed by atoms with Crippen molar-refractivity contribution in [2.45, 2.75) is 0 Å². The van der Waals surface area contributed by atoms with Crippen molar-refractivity contribution in [1.82, 2.24) is 9.55 Å². The van der Waals surface area contributed by atoms with Gasteiger partial charge in [-0.15, -0.1) is 0 Å². The fraction of sp³-hybridized carbons (Fsp3) is 0. The van der Waals surface area contributed by atoms with Gasteiger partial charge >= 0.3 is 0 Å². The number of fused-ring (bicyclic) bond motifs is 7. The number of furan rings is 1. The van der Waals surface area contributed by atoms with Crippen LogP contribution in [-0.2, 0) is 0 Å². The topological polar surface area (TPSA) is 78.5 Å². The highest BCUT2D eigenvalue weighted by Gasteiger charge is 2.33. The van der Waals surface area contributed by atoms with Crippen LogP contribution in [0.3, 0.4) is 0 Å². The lowest BCUT2D eigenvalue weighted by atomic mass is 9.75. The maximum atomic E-state index is 12.5. The van der Waals surface area contributed by atoms with Crippen molar-refractivity contribution < 1.29 is 4.42 Å². The third-order valence-corrected chi connectivity index (χ3v) is 17.5. The van der Waals surface area contributed by atoms with E-state index in [0.29, 0.717) is 28.2 Å². The molecule has 16 aromatic rings. The Morgan fingerprint density at radius 3 is 1.02 bits per heavy atom. The second-order valence-electron chi connectivity index (χ2n) is 22.5. The second kappa shape index (κ2) is 22.5. The SMILES string of the molecule is N#Cc1c(-c2ccccc2)c(-c2ccccc2)c(-c2ccccc2)c(-c2ccccc2)c1-c1cc(-c2c(C#N)c(-c3ccccc3)c(-c3ccccc3)c(-c3ccccc3)c2-c2ccccc2)nc(-n2c3ccccc3c3c4c(ccc32)oc2ccccc24)c1. The predicted octanol–water partition coefficient (Wildman–Crippen LogP) is 22.5. The van der Waals surface area contributed by atoms with Crippen LogP contribution in [0, 0.1) is 22.7 Å². The van der Waals surface area contributed by atoms with Gasteiger partial charge in [-0.1, -0.05) is 279 Å². The van der Waals surface area contributed by atoms with Crippen LogP contribution in [-0.4, -0.2) is 9.55 Å². The minimum atomic E-state index is 0.459. The second-order valence-corrected chi connectivity index (χ2v) is 22.5. The van der Waals surface area contributed by atoms with Crippen molar-refractivity contribution in [1.29, 1.82) is 10.5 Å². The van der Waals surface area contributed by atoms with Crippen LogP contribution in [0.25, 0.3) is 161 Å². The first-order chi connectivity index (χ1) is 44.6. The molecule has 0 fully saturated rings. The third kappa shape index (κ3) is 8.80. The number of rotatable bonds is 11. The summed E-state index contributed by atoms with van der Waals surface area (Å²) in [6.07, 6.45) is 0. The number of nitrogens with zero attached hydrogens (tertiary/aromatic N) is 4. The Hall–Kier alpha value is -12.4. The number of nitriles is 2. The summed E-state index contributed by atoms with van der Waals surface area (Å²) in [5, 5.41) is 29.1. The van der Waals surface area contributed by atoms with Crippen molar-refractivity contribution in [3.05, 3.63) is 327 Å². The molecule has 0 amide bonds. The standard InChI is InChI=1S/C85H52N4O/c86-53-66-74(55-29-9-1-10-30-55)77(57-33-13-3-14-34-57)80(60-39-19-6-20-40-60)79(59-37-17-5-18-38-59)76(66)63-51-68(88-73(52-63)89-69-47-27-25-45-64(69)84-70(89)49-50-72-85(84)65-46-26-28-48-71(65)90-72)83-67(54-87)75(56-31-11-2-12-32-56)78(58-35-15-4-16-36-58)81(61-41-21-7-22-42-61)82(83)62-43-23-8-24-44-62/h1-52H. The van der Waals surface area contributed by atoms with E-state index < -0.39 is 0 Å². The van der Waals surface area contributed by atoms with Gasteiger partial charge in [0.1, 0.15) is 29.1 Å². The van der Waals surface area contributed by atoms with Crippen molar-refractivity contribution in [3.8, 4) is 129 Å². The average Bonchev–Trinajstić information content (AvgIpc) is 1.17. The summed E-state index contributed by atoms with van der Waals surface area (Å²) in [4.78, 5) is 6.06. The van der Waals surface area contributed by atoms with Gasteiger partial charge in [0.2, 0.25) is 0 Å². The molecule has 0 N–H and O–H groups in total.